The zero-order valence-electron chi connectivity index (χ0n) is 21.0. The topological polar surface area (TPSA) is 102 Å². The lowest BCUT2D eigenvalue weighted by Crippen LogP contribution is -2.48. The zero-order valence-corrected chi connectivity index (χ0v) is 21.0. The molecule has 3 aromatic rings. The van der Waals surface area contributed by atoms with Crippen molar-refractivity contribution >= 4 is 17.6 Å². The van der Waals surface area contributed by atoms with E-state index in [1.54, 1.807) is 53.4 Å². The van der Waals surface area contributed by atoms with Crippen LogP contribution in [0, 0.1) is 17.1 Å². The van der Waals surface area contributed by atoms with Crippen LogP contribution in [0.25, 0.3) is 0 Å². The van der Waals surface area contributed by atoms with Gasteiger partial charge < -0.3 is 24.3 Å². The molecule has 0 radical (unpaired) electrons. The molecule has 1 saturated heterocycles. The number of benzene rings is 2. The quantitative estimate of drug-likeness (QED) is 0.439. The number of morpholine rings is 1. The van der Waals surface area contributed by atoms with Gasteiger partial charge in [0, 0.05) is 38.4 Å². The lowest BCUT2D eigenvalue weighted by molar-refractivity contribution is -0.133. The zero-order chi connectivity index (χ0) is 26.7. The van der Waals surface area contributed by atoms with Crippen LogP contribution in [-0.2, 0) is 22.6 Å². The molecule has 2 heterocycles. The van der Waals surface area contributed by atoms with Crippen molar-refractivity contribution in [2.45, 2.75) is 13.1 Å². The van der Waals surface area contributed by atoms with Gasteiger partial charge in [0.05, 0.1) is 37.7 Å². The predicted molar refractivity (Wildman–Crippen MR) is 138 cm³/mol. The first kappa shape index (κ1) is 26.9. The molecule has 0 atom stereocenters. The molecule has 9 nitrogen and oxygen atoms in total. The van der Waals surface area contributed by atoms with Gasteiger partial charge in [0.1, 0.15) is 18.1 Å². The maximum Gasteiger partial charge on any atom is 0.322 e. The molecule has 4 rings (SSSR count). The third-order valence-electron chi connectivity index (χ3n) is 6.21. The monoisotopic (exact) mass is 519 g/mol. The molecule has 10 heteroatoms. The van der Waals surface area contributed by atoms with Crippen molar-refractivity contribution in [2.75, 3.05) is 51.3 Å². The Kier molecular flexibility index (Phi) is 9.45. The number of anilines is 1. The Morgan fingerprint density at radius 2 is 1.82 bits per heavy atom. The van der Waals surface area contributed by atoms with Crippen molar-refractivity contribution in [3.63, 3.8) is 0 Å². The maximum atomic E-state index is 13.6. The van der Waals surface area contributed by atoms with Gasteiger partial charge in [-0.25, -0.2) is 9.18 Å². The summed E-state index contributed by atoms with van der Waals surface area (Å²) in [5.41, 5.74) is 1.64. The minimum Gasteiger partial charge on any atom is -0.467 e. The predicted octanol–water partition coefficient (Wildman–Crippen LogP) is 3.69. The number of amides is 3. The summed E-state index contributed by atoms with van der Waals surface area (Å²) < 4.78 is 24.3. The van der Waals surface area contributed by atoms with Gasteiger partial charge in [-0.15, -0.1) is 0 Å². The van der Waals surface area contributed by atoms with E-state index in [9.17, 15) is 19.2 Å². The SMILES string of the molecule is N#Cc1cccc(NC(=O)N(CCN2CCOCC2)CC(=O)N(Cc2ccc(F)cc2)Cc2ccco2)c1. The van der Waals surface area contributed by atoms with Crippen molar-refractivity contribution < 1.29 is 23.1 Å². The number of nitriles is 1. The van der Waals surface area contributed by atoms with E-state index >= 15 is 0 Å². The van der Waals surface area contributed by atoms with Crippen molar-refractivity contribution in [1.29, 1.82) is 5.26 Å². The van der Waals surface area contributed by atoms with Gasteiger partial charge in [-0.2, -0.15) is 5.26 Å². The third-order valence-corrected chi connectivity index (χ3v) is 6.21. The number of ether oxygens (including phenoxy) is 1. The van der Waals surface area contributed by atoms with E-state index in [1.165, 1.54) is 23.3 Å². The minimum atomic E-state index is -0.443. The number of hydrogen-bond donors (Lipinski definition) is 1. The van der Waals surface area contributed by atoms with E-state index in [2.05, 4.69) is 16.3 Å². The average Bonchev–Trinajstić information content (AvgIpc) is 3.45. The highest BCUT2D eigenvalue weighted by Gasteiger charge is 2.24. The molecule has 0 unspecified atom stereocenters. The molecule has 2 aromatic carbocycles. The first-order chi connectivity index (χ1) is 18.5. The number of carbonyl (C=O) groups excluding carboxylic acids is 2. The van der Waals surface area contributed by atoms with E-state index in [-0.39, 0.29) is 31.4 Å². The van der Waals surface area contributed by atoms with Gasteiger partial charge in [0.25, 0.3) is 0 Å². The standard InChI is InChI=1S/C28H30FN5O4/c29-24-8-6-22(7-9-24)19-34(20-26-5-2-14-38-26)27(35)21-33(11-10-32-12-15-37-16-13-32)28(36)31-25-4-1-3-23(17-25)18-30/h1-9,14,17H,10-13,15-16,19-21H2,(H,31,36). The van der Waals surface area contributed by atoms with Gasteiger partial charge in [-0.3, -0.25) is 9.69 Å². The molecule has 198 valence electrons. The van der Waals surface area contributed by atoms with Gasteiger partial charge in [-0.1, -0.05) is 18.2 Å². The van der Waals surface area contributed by atoms with Gasteiger partial charge >= 0.3 is 6.03 Å². The number of carbonyl (C=O) groups is 2. The van der Waals surface area contributed by atoms with Crippen LogP contribution in [-0.4, -0.2) is 72.6 Å². The summed E-state index contributed by atoms with van der Waals surface area (Å²) in [6.45, 7) is 3.91. The number of urea groups is 1. The molecule has 0 bridgehead atoms. The summed E-state index contributed by atoms with van der Waals surface area (Å²) in [4.78, 5) is 32.1. The molecule has 0 saturated carbocycles. The van der Waals surface area contributed by atoms with Crippen LogP contribution in [0.1, 0.15) is 16.9 Å². The van der Waals surface area contributed by atoms with Crippen molar-refractivity contribution in [1.82, 2.24) is 14.7 Å². The van der Waals surface area contributed by atoms with E-state index in [1.807, 2.05) is 0 Å². The Morgan fingerprint density at radius 1 is 1.03 bits per heavy atom. The number of halogens is 1. The largest absolute Gasteiger partial charge is 0.467 e. The van der Waals surface area contributed by atoms with E-state index in [0.717, 1.165) is 18.7 Å². The van der Waals surface area contributed by atoms with Crippen molar-refractivity contribution in [3.8, 4) is 6.07 Å². The second-order valence-electron chi connectivity index (χ2n) is 8.95. The molecule has 1 fully saturated rings. The molecule has 3 amide bonds. The fraction of sp³-hybridized carbons (Fsp3) is 0.321. The van der Waals surface area contributed by atoms with E-state index in [0.29, 0.717) is 43.3 Å². The van der Waals surface area contributed by atoms with Crippen LogP contribution in [0.3, 0.4) is 0 Å². The van der Waals surface area contributed by atoms with E-state index < -0.39 is 6.03 Å². The highest BCUT2D eigenvalue weighted by atomic mass is 19.1. The summed E-state index contributed by atoms with van der Waals surface area (Å²) in [6.07, 6.45) is 1.54. The molecule has 1 aliphatic heterocycles. The summed E-state index contributed by atoms with van der Waals surface area (Å²) in [5.74, 6) is -0.0455. The number of rotatable bonds is 10. The fourth-order valence-corrected chi connectivity index (χ4v) is 4.10. The van der Waals surface area contributed by atoms with Crippen LogP contribution in [0.15, 0.2) is 71.3 Å². The summed E-state index contributed by atoms with van der Waals surface area (Å²) in [7, 11) is 0. The third kappa shape index (κ3) is 7.90. The maximum absolute atomic E-state index is 13.6. The fourth-order valence-electron chi connectivity index (χ4n) is 4.10. The van der Waals surface area contributed by atoms with Crippen LogP contribution >= 0.6 is 0 Å². The van der Waals surface area contributed by atoms with Crippen LogP contribution < -0.4 is 5.32 Å². The first-order valence-corrected chi connectivity index (χ1v) is 12.4. The Morgan fingerprint density at radius 3 is 2.53 bits per heavy atom. The number of nitrogens with one attached hydrogen (secondary N) is 1. The summed E-state index contributed by atoms with van der Waals surface area (Å²) in [5, 5.41) is 12.0. The lowest BCUT2D eigenvalue weighted by atomic mass is 10.2. The van der Waals surface area contributed by atoms with Gasteiger partial charge in [-0.05, 0) is 48.0 Å². The number of nitrogens with zero attached hydrogens (tertiary/aromatic N) is 4. The van der Waals surface area contributed by atoms with E-state index in [4.69, 9.17) is 9.15 Å². The van der Waals surface area contributed by atoms with Gasteiger partial charge in [0.15, 0.2) is 0 Å². The molecule has 38 heavy (non-hydrogen) atoms. The molecule has 0 aliphatic carbocycles. The molecule has 1 aromatic heterocycles. The van der Waals surface area contributed by atoms with Crippen LogP contribution in [0.4, 0.5) is 14.9 Å². The Balaban J connectivity index is 1.50. The minimum absolute atomic E-state index is 0.171. The summed E-state index contributed by atoms with van der Waals surface area (Å²) in [6, 6.07) is 17.7. The van der Waals surface area contributed by atoms with Crippen molar-refractivity contribution in [3.05, 3.63) is 89.6 Å². The second kappa shape index (κ2) is 13.4. The average molecular weight is 520 g/mol. The van der Waals surface area contributed by atoms with Gasteiger partial charge in [0.2, 0.25) is 5.91 Å². The van der Waals surface area contributed by atoms with Crippen LogP contribution in [0.2, 0.25) is 0 Å². The normalized spacial score (nSPS) is 13.5. The first-order valence-electron chi connectivity index (χ1n) is 12.4. The molecule has 1 N–H and O–H groups in total. The summed E-state index contributed by atoms with van der Waals surface area (Å²) >= 11 is 0. The number of furan rings is 1. The highest BCUT2D eigenvalue weighted by molar-refractivity contribution is 5.92. The molecule has 1 aliphatic rings. The van der Waals surface area contributed by atoms with Crippen molar-refractivity contribution in [2.24, 2.45) is 0 Å². The molecule has 0 spiro atoms. The lowest BCUT2D eigenvalue weighted by Gasteiger charge is -2.31. The Hall–Kier alpha value is -4.20. The second-order valence-corrected chi connectivity index (χ2v) is 8.95. The Labute approximate surface area is 221 Å². The molecular weight excluding hydrogens is 489 g/mol. The number of hydrogen-bond acceptors (Lipinski definition) is 6. The van der Waals surface area contributed by atoms with Crippen LogP contribution in [0.5, 0.6) is 0 Å². The molecular formula is C28H30FN5O4. The smallest absolute Gasteiger partial charge is 0.322 e. The highest BCUT2D eigenvalue weighted by Crippen LogP contribution is 2.14. The Bertz CT molecular complexity index is 1240.